The lowest BCUT2D eigenvalue weighted by molar-refractivity contribution is 1.25. The van der Waals surface area contributed by atoms with Gasteiger partial charge in [-0.05, 0) is 19.2 Å². The Morgan fingerprint density at radius 2 is 2.50 bits per heavy atom. The van der Waals surface area contributed by atoms with Crippen molar-refractivity contribution in [3.8, 4) is 6.07 Å². The fourth-order valence-corrected chi connectivity index (χ4v) is 0.570. The van der Waals surface area contributed by atoms with Gasteiger partial charge in [0.2, 0.25) is 0 Å². The highest BCUT2D eigenvalue weighted by molar-refractivity contribution is 5.29. The number of hydrogen-bond donors (Lipinski definition) is 0. The van der Waals surface area contributed by atoms with E-state index in [-0.39, 0.29) is 0 Å². The molecule has 0 radical (unpaired) electrons. The van der Waals surface area contributed by atoms with Gasteiger partial charge in [-0.2, -0.15) is 5.26 Å². The largest absolute Gasteiger partial charge is 0.272 e. The van der Waals surface area contributed by atoms with Gasteiger partial charge in [-0.25, -0.2) is 0 Å². The van der Waals surface area contributed by atoms with Crippen LogP contribution in [0.25, 0.3) is 0 Å². The van der Waals surface area contributed by atoms with Crippen LogP contribution < -0.4 is 0 Å². The molecule has 0 aliphatic rings. The fraction of sp³-hybridized carbons (Fsp3) is 0.250. The van der Waals surface area contributed by atoms with E-state index in [4.69, 9.17) is 5.26 Å². The summed E-state index contributed by atoms with van der Waals surface area (Å²) in [5.74, 6) is 0. The molecule has 0 aliphatic carbocycles. The number of hydrogen-bond acceptors (Lipinski definition) is 2. The van der Waals surface area contributed by atoms with Crippen molar-refractivity contribution in [3.05, 3.63) is 23.9 Å². The molecule has 0 N–H and O–H groups in total. The molecule has 0 fully saturated rings. The van der Waals surface area contributed by atoms with Crippen LogP contribution in [0.5, 0.6) is 0 Å². The predicted molar refractivity (Wildman–Crippen MR) is 42.7 cm³/mol. The topological polar surface area (TPSA) is 36.1 Å². The molecule has 0 saturated heterocycles. The molecule has 2 heteroatoms. The van der Waals surface area contributed by atoms with Crippen molar-refractivity contribution < 1.29 is 0 Å². The van der Waals surface area contributed by atoms with Crippen molar-refractivity contribution in [2.75, 3.05) is 0 Å². The van der Waals surface area contributed by atoms with Crippen LogP contribution >= 0.6 is 0 Å². The Bertz CT molecular complexity index is 194. The lowest BCUT2D eigenvalue weighted by atomic mass is 10.2. The molecule has 0 saturated carbocycles. The second-order valence-corrected chi connectivity index (χ2v) is 1.72. The fourth-order valence-electron chi connectivity index (χ4n) is 0.570. The van der Waals surface area contributed by atoms with Crippen molar-refractivity contribution in [2.45, 2.75) is 13.3 Å². The van der Waals surface area contributed by atoms with Crippen LogP contribution in [0.15, 0.2) is 28.9 Å². The van der Waals surface area contributed by atoms with Gasteiger partial charge in [-0.1, -0.05) is 12.2 Å². The third kappa shape index (κ3) is 3.62. The van der Waals surface area contributed by atoms with Crippen molar-refractivity contribution in [1.29, 1.82) is 5.26 Å². The summed E-state index contributed by atoms with van der Waals surface area (Å²) < 4.78 is 0. The van der Waals surface area contributed by atoms with Crippen LogP contribution in [0.3, 0.4) is 0 Å². The summed E-state index contributed by atoms with van der Waals surface area (Å²) >= 11 is 0. The predicted octanol–water partition coefficient (Wildman–Crippen LogP) is 2.06. The average Bonchev–Trinajstić information content (AvgIpc) is 1.90. The smallest absolute Gasteiger partial charge is 0.0670 e. The highest BCUT2D eigenvalue weighted by Gasteiger charge is 1.86. The monoisotopic (exact) mass is 134 g/mol. The zero-order valence-electron chi connectivity index (χ0n) is 6.04. The molecule has 0 unspecified atom stereocenters. The Labute approximate surface area is 61.2 Å². The maximum atomic E-state index is 8.30. The molecule has 0 heterocycles. The Kier molecular flexibility index (Phi) is 4.99. The van der Waals surface area contributed by atoms with Gasteiger partial charge in [-0.3, -0.25) is 4.99 Å². The van der Waals surface area contributed by atoms with Crippen LogP contribution in [-0.2, 0) is 0 Å². The van der Waals surface area contributed by atoms with E-state index in [1.54, 1.807) is 6.20 Å². The second kappa shape index (κ2) is 5.77. The second-order valence-electron chi connectivity index (χ2n) is 1.72. The van der Waals surface area contributed by atoms with E-state index in [1.165, 1.54) is 0 Å². The first kappa shape index (κ1) is 8.64. The van der Waals surface area contributed by atoms with E-state index in [9.17, 15) is 0 Å². The third-order valence-corrected chi connectivity index (χ3v) is 0.921. The standard InChI is InChI=1S/C8H10N2/c1-3-4-8(5-6-9)7-10-2/h3-4,7H,2,5H2,1H3/b4-3-,8-7+. The van der Waals surface area contributed by atoms with Gasteiger partial charge in [0, 0.05) is 6.20 Å². The number of allylic oxidation sites excluding steroid dienone is 3. The van der Waals surface area contributed by atoms with Gasteiger partial charge in [0.15, 0.2) is 0 Å². The first-order chi connectivity index (χ1) is 4.85. The summed E-state index contributed by atoms with van der Waals surface area (Å²) in [7, 11) is 0. The average molecular weight is 134 g/mol. The summed E-state index contributed by atoms with van der Waals surface area (Å²) in [6.07, 6.45) is 5.69. The molecule has 0 bridgehead atoms. The van der Waals surface area contributed by atoms with Gasteiger partial charge >= 0.3 is 0 Å². The van der Waals surface area contributed by atoms with E-state index in [0.717, 1.165) is 5.57 Å². The lowest BCUT2D eigenvalue weighted by Gasteiger charge is -1.88. The summed E-state index contributed by atoms with van der Waals surface area (Å²) in [4.78, 5) is 3.56. The summed E-state index contributed by atoms with van der Waals surface area (Å²) in [5.41, 5.74) is 0.889. The summed E-state index contributed by atoms with van der Waals surface area (Å²) in [6.45, 7) is 5.19. The van der Waals surface area contributed by atoms with E-state index in [0.29, 0.717) is 6.42 Å². The Balaban J connectivity index is 4.13. The zero-order chi connectivity index (χ0) is 7.82. The Hall–Kier alpha value is -1.36. The minimum atomic E-state index is 0.392. The first-order valence-electron chi connectivity index (χ1n) is 2.99. The van der Waals surface area contributed by atoms with Crippen molar-refractivity contribution in [1.82, 2.24) is 0 Å². The summed E-state index contributed by atoms with van der Waals surface area (Å²) in [6, 6.07) is 2.03. The normalized spacial score (nSPS) is 11.4. The number of rotatable bonds is 3. The lowest BCUT2D eigenvalue weighted by Crippen LogP contribution is -1.73. The SMILES string of the molecule is C=N/C=C(\C=C/C)CC#N. The van der Waals surface area contributed by atoms with Crippen LogP contribution in [0, 0.1) is 11.3 Å². The Morgan fingerprint density at radius 3 is 2.90 bits per heavy atom. The van der Waals surface area contributed by atoms with E-state index in [1.807, 2.05) is 25.1 Å². The molecule has 0 aromatic carbocycles. The first-order valence-corrected chi connectivity index (χ1v) is 2.99. The molecular weight excluding hydrogens is 124 g/mol. The molecule has 2 nitrogen and oxygen atoms in total. The zero-order valence-corrected chi connectivity index (χ0v) is 6.04. The van der Waals surface area contributed by atoms with Gasteiger partial charge in [0.1, 0.15) is 0 Å². The van der Waals surface area contributed by atoms with Crippen LogP contribution in [0.1, 0.15) is 13.3 Å². The number of aliphatic imine (C=N–C) groups is 1. The maximum Gasteiger partial charge on any atom is 0.0670 e. The molecule has 0 aromatic heterocycles. The van der Waals surface area contributed by atoms with Gasteiger partial charge in [0.05, 0.1) is 12.5 Å². The number of nitrogens with zero attached hydrogens (tertiary/aromatic N) is 2. The van der Waals surface area contributed by atoms with Crippen LogP contribution in [0.4, 0.5) is 0 Å². The highest BCUT2D eigenvalue weighted by Crippen LogP contribution is 2.01. The molecule has 0 aromatic rings. The molecule has 0 atom stereocenters. The molecular formula is C8H10N2. The minimum absolute atomic E-state index is 0.392. The van der Waals surface area contributed by atoms with Crippen molar-refractivity contribution >= 4 is 6.72 Å². The number of nitriles is 1. The Morgan fingerprint density at radius 1 is 1.80 bits per heavy atom. The quantitative estimate of drug-likeness (QED) is 0.430. The van der Waals surface area contributed by atoms with E-state index in [2.05, 4.69) is 11.7 Å². The molecule has 10 heavy (non-hydrogen) atoms. The minimum Gasteiger partial charge on any atom is -0.272 e. The van der Waals surface area contributed by atoms with E-state index < -0.39 is 0 Å². The maximum absolute atomic E-state index is 8.30. The molecule has 0 rings (SSSR count). The van der Waals surface area contributed by atoms with Crippen molar-refractivity contribution in [2.24, 2.45) is 4.99 Å². The molecule has 52 valence electrons. The third-order valence-electron chi connectivity index (χ3n) is 0.921. The van der Waals surface area contributed by atoms with Crippen LogP contribution in [-0.4, -0.2) is 6.72 Å². The molecule has 0 aliphatic heterocycles. The van der Waals surface area contributed by atoms with Gasteiger partial charge in [0.25, 0.3) is 0 Å². The van der Waals surface area contributed by atoms with Crippen molar-refractivity contribution in [3.63, 3.8) is 0 Å². The van der Waals surface area contributed by atoms with Gasteiger partial charge < -0.3 is 0 Å². The highest BCUT2D eigenvalue weighted by atomic mass is 14.6. The summed E-state index contributed by atoms with van der Waals surface area (Å²) in [5, 5.41) is 8.30. The van der Waals surface area contributed by atoms with Crippen LogP contribution in [0.2, 0.25) is 0 Å². The van der Waals surface area contributed by atoms with E-state index >= 15 is 0 Å². The molecule has 0 spiro atoms. The molecule has 0 amide bonds. The van der Waals surface area contributed by atoms with Gasteiger partial charge in [-0.15, -0.1) is 0 Å².